The van der Waals surface area contributed by atoms with Crippen molar-refractivity contribution >= 4 is 29.6 Å². The van der Waals surface area contributed by atoms with Gasteiger partial charge in [0.2, 0.25) is 23.6 Å². The monoisotopic (exact) mass is 485 g/mol. The average molecular weight is 485 g/mol. The standard InChI is InChI=1S/C19H31N7O8/c1-8(27)14(21)18(32)24-11(3-4-13(20)29)16(30)25-12(5-10-6-22-7-23-10)17(31)26-15(9(2)28)19(33)34/h6-9,11-12,14-15,27-28H,3-5,21H2,1-2H3,(H2,20,29)(H,22,23)(H,24,32)(H,25,30)(H,26,31)(H,33,34). The van der Waals surface area contributed by atoms with Crippen molar-refractivity contribution in [3.05, 3.63) is 18.2 Å². The third kappa shape index (κ3) is 9.13. The van der Waals surface area contributed by atoms with Crippen LogP contribution in [0.1, 0.15) is 32.4 Å². The van der Waals surface area contributed by atoms with Crippen molar-refractivity contribution in [3.63, 3.8) is 0 Å². The number of H-pyrrole nitrogens is 1. The minimum Gasteiger partial charge on any atom is -0.480 e. The molecule has 4 amide bonds. The smallest absolute Gasteiger partial charge is 0.328 e. The van der Waals surface area contributed by atoms with E-state index >= 15 is 0 Å². The normalized spacial score (nSPS) is 16.3. The van der Waals surface area contributed by atoms with Gasteiger partial charge in [-0.25, -0.2) is 9.78 Å². The molecule has 1 heterocycles. The molecule has 0 aliphatic rings. The second-order valence-electron chi connectivity index (χ2n) is 7.74. The number of nitrogens with one attached hydrogen (secondary N) is 4. The zero-order valence-electron chi connectivity index (χ0n) is 18.7. The molecule has 15 nitrogen and oxygen atoms in total. The number of primary amides is 1. The molecule has 0 fully saturated rings. The first-order valence-corrected chi connectivity index (χ1v) is 10.3. The number of imidazole rings is 1. The third-order valence-electron chi connectivity index (χ3n) is 4.79. The van der Waals surface area contributed by atoms with E-state index in [0.717, 1.165) is 0 Å². The van der Waals surface area contributed by atoms with Crippen LogP contribution in [0.2, 0.25) is 0 Å². The van der Waals surface area contributed by atoms with Gasteiger partial charge in [-0.2, -0.15) is 0 Å². The SMILES string of the molecule is CC(O)C(N)C(=O)NC(CCC(N)=O)C(=O)NC(Cc1cnc[nH]1)C(=O)NC(C(=O)O)C(C)O. The van der Waals surface area contributed by atoms with Gasteiger partial charge in [-0.05, 0) is 20.3 Å². The lowest BCUT2D eigenvalue weighted by molar-refractivity contribution is -0.145. The van der Waals surface area contributed by atoms with Crippen LogP contribution in [0.5, 0.6) is 0 Å². The summed E-state index contributed by atoms with van der Waals surface area (Å²) in [7, 11) is 0. The van der Waals surface area contributed by atoms with Crippen LogP contribution in [0, 0.1) is 0 Å². The van der Waals surface area contributed by atoms with Crippen molar-refractivity contribution in [1.29, 1.82) is 0 Å². The van der Waals surface area contributed by atoms with E-state index in [4.69, 9.17) is 11.5 Å². The molecule has 0 radical (unpaired) electrons. The van der Waals surface area contributed by atoms with Gasteiger partial charge in [-0.15, -0.1) is 0 Å². The molecular formula is C19H31N7O8. The van der Waals surface area contributed by atoms with Crippen LogP contribution in [0.3, 0.4) is 0 Å². The number of aliphatic hydroxyl groups is 2. The summed E-state index contributed by atoms with van der Waals surface area (Å²) in [4.78, 5) is 67.0. The van der Waals surface area contributed by atoms with Crippen LogP contribution in [0.15, 0.2) is 12.5 Å². The van der Waals surface area contributed by atoms with Gasteiger partial charge >= 0.3 is 5.97 Å². The van der Waals surface area contributed by atoms with Crippen LogP contribution < -0.4 is 27.4 Å². The Morgan fingerprint density at radius 2 is 1.59 bits per heavy atom. The maximum Gasteiger partial charge on any atom is 0.328 e. The predicted molar refractivity (Wildman–Crippen MR) is 115 cm³/mol. The molecular weight excluding hydrogens is 454 g/mol. The summed E-state index contributed by atoms with van der Waals surface area (Å²) in [5.74, 6) is -4.95. The lowest BCUT2D eigenvalue weighted by Gasteiger charge is -2.25. The number of hydrogen-bond acceptors (Lipinski definition) is 9. The Bertz CT molecular complexity index is 859. The van der Waals surface area contributed by atoms with Gasteiger partial charge in [0.25, 0.3) is 0 Å². The zero-order valence-corrected chi connectivity index (χ0v) is 18.7. The summed E-state index contributed by atoms with van der Waals surface area (Å²) >= 11 is 0. The highest BCUT2D eigenvalue weighted by Gasteiger charge is 2.32. The molecule has 0 bridgehead atoms. The van der Waals surface area contributed by atoms with E-state index < -0.39 is 66.0 Å². The van der Waals surface area contributed by atoms with Crippen molar-refractivity contribution in [3.8, 4) is 0 Å². The van der Waals surface area contributed by atoms with E-state index in [-0.39, 0.29) is 19.3 Å². The molecule has 34 heavy (non-hydrogen) atoms. The number of rotatable bonds is 14. The highest BCUT2D eigenvalue weighted by atomic mass is 16.4. The molecule has 0 aromatic carbocycles. The fourth-order valence-corrected chi connectivity index (χ4v) is 2.78. The van der Waals surface area contributed by atoms with E-state index in [9.17, 15) is 39.3 Å². The molecule has 0 saturated carbocycles. The van der Waals surface area contributed by atoms with Gasteiger partial charge in [0, 0.05) is 24.7 Å². The summed E-state index contributed by atoms with van der Waals surface area (Å²) in [6, 6.07) is -5.72. The molecule has 6 unspecified atom stereocenters. The number of nitrogens with two attached hydrogens (primary N) is 2. The molecule has 0 aliphatic carbocycles. The number of amides is 4. The van der Waals surface area contributed by atoms with E-state index in [0.29, 0.717) is 5.69 Å². The fraction of sp³-hybridized carbons (Fsp3) is 0.579. The van der Waals surface area contributed by atoms with Crippen LogP contribution >= 0.6 is 0 Å². The van der Waals surface area contributed by atoms with Crippen LogP contribution in [0.4, 0.5) is 0 Å². The fourth-order valence-electron chi connectivity index (χ4n) is 2.78. The van der Waals surface area contributed by atoms with Crippen molar-refractivity contribution in [2.75, 3.05) is 0 Å². The number of carbonyl (C=O) groups is 5. The Labute approximate surface area is 194 Å². The van der Waals surface area contributed by atoms with Gasteiger partial charge in [-0.1, -0.05) is 0 Å². The van der Waals surface area contributed by atoms with Gasteiger partial charge in [0.05, 0.1) is 18.5 Å². The number of aromatic nitrogens is 2. The largest absolute Gasteiger partial charge is 0.480 e. The van der Waals surface area contributed by atoms with Crippen LogP contribution in [-0.2, 0) is 30.4 Å². The average Bonchev–Trinajstić information content (AvgIpc) is 3.25. The van der Waals surface area contributed by atoms with E-state index in [1.54, 1.807) is 0 Å². The first kappa shape index (κ1) is 28.5. The van der Waals surface area contributed by atoms with Gasteiger partial charge in [0.1, 0.15) is 18.1 Å². The van der Waals surface area contributed by atoms with Crippen molar-refractivity contribution < 1.29 is 39.3 Å². The Kier molecular flexibility index (Phi) is 11.1. The summed E-state index contributed by atoms with van der Waals surface area (Å²) in [6.45, 7) is 2.44. The summed E-state index contributed by atoms with van der Waals surface area (Å²) < 4.78 is 0. The Morgan fingerprint density at radius 1 is 1.00 bits per heavy atom. The maximum atomic E-state index is 12.9. The van der Waals surface area contributed by atoms with Crippen molar-refractivity contribution in [1.82, 2.24) is 25.9 Å². The quantitative estimate of drug-likeness (QED) is 0.123. The van der Waals surface area contributed by atoms with Crippen molar-refractivity contribution in [2.24, 2.45) is 11.5 Å². The molecule has 1 rings (SSSR count). The van der Waals surface area contributed by atoms with Gasteiger partial charge in [0.15, 0.2) is 6.04 Å². The molecule has 11 N–H and O–H groups in total. The number of carboxylic acid groups (broad SMARTS) is 1. The number of nitrogens with zero attached hydrogens (tertiary/aromatic N) is 1. The highest BCUT2D eigenvalue weighted by Crippen LogP contribution is 2.05. The minimum absolute atomic E-state index is 0.145. The first-order chi connectivity index (χ1) is 15.8. The molecule has 190 valence electrons. The number of aliphatic hydroxyl groups excluding tert-OH is 2. The molecule has 0 aliphatic heterocycles. The van der Waals surface area contributed by atoms with E-state index in [2.05, 4.69) is 25.9 Å². The first-order valence-electron chi connectivity index (χ1n) is 10.3. The lowest BCUT2D eigenvalue weighted by Crippen LogP contribution is -2.59. The number of hydrogen-bond donors (Lipinski definition) is 9. The van der Waals surface area contributed by atoms with E-state index in [1.165, 1.54) is 26.4 Å². The topological polar surface area (TPSA) is 263 Å². The molecule has 1 aromatic heterocycles. The number of carboxylic acids is 1. The Morgan fingerprint density at radius 3 is 2.06 bits per heavy atom. The molecule has 1 aromatic rings. The minimum atomic E-state index is -1.65. The summed E-state index contributed by atoms with van der Waals surface area (Å²) in [5, 5.41) is 35.2. The van der Waals surface area contributed by atoms with Crippen LogP contribution in [0.25, 0.3) is 0 Å². The third-order valence-corrected chi connectivity index (χ3v) is 4.79. The number of carbonyl (C=O) groups excluding carboxylic acids is 4. The highest BCUT2D eigenvalue weighted by molar-refractivity contribution is 5.94. The Hall–Kier alpha value is -3.56. The molecule has 6 atom stereocenters. The lowest BCUT2D eigenvalue weighted by atomic mass is 10.1. The van der Waals surface area contributed by atoms with Gasteiger partial charge < -0.3 is 47.7 Å². The number of aromatic amines is 1. The molecule has 0 saturated heterocycles. The van der Waals surface area contributed by atoms with Crippen LogP contribution in [-0.4, -0.2) is 91.3 Å². The van der Waals surface area contributed by atoms with E-state index in [1.807, 2.05) is 0 Å². The Balaban J connectivity index is 3.10. The zero-order chi connectivity index (χ0) is 26.0. The molecule has 0 spiro atoms. The maximum absolute atomic E-state index is 12.9. The summed E-state index contributed by atoms with van der Waals surface area (Å²) in [6.07, 6.45) is -0.625. The second kappa shape index (κ2) is 13.2. The predicted octanol–water partition coefficient (Wildman–Crippen LogP) is -4.15. The number of aliphatic carboxylic acids is 1. The summed E-state index contributed by atoms with van der Waals surface area (Å²) in [5.41, 5.74) is 11.1. The van der Waals surface area contributed by atoms with Gasteiger partial charge in [-0.3, -0.25) is 19.2 Å². The van der Waals surface area contributed by atoms with Crippen molar-refractivity contribution in [2.45, 2.75) is 69.5 Å². The second-order valence-corrected chi connectivity index (χ2v) is 7.74. The molecule has 15 heteroatoms.